The van der Waals surface area contributed by atoms with E-state index in [-0.39, 0.29) is 6.61 Å². The van der Waals surface area contributed by atoms with Crippen molar-refractivity contribution in [2.75, 3.05) is 0 Å². The van der Waals surface area contributed by atoms with E-state index in [1.54, 1.807) is 6.20 Å². The van der Waals surface area contributed by atoms with Crippen molar-refractivity contribution in [3.05, 3.63) is 40.6 Å². The Morgan fingerprint density at radius 2 is 2.15 bits per heavy atom. The van der Waals surface area contributed by atoms with E-state index in [1.807, 2.05) is 24.3 Å². The molecule has 1 aromatic heterocycles. The van der Waals surface area contributed by atoms with Gasteiger partial charge in [-0.05, 0) is 23.6 Å². The average Bonchev–Trinajstić information content (AvgIpc) is 2.16. The number of hydrogen-bond acceptors (Lipinski definition) is 2. The van der Waals surface area contributed by atoms with Crippen molar-refractivity contribution in [1.82, 2.24) is 4.98 Å². The first kappa shape index (κ1) is 8.66. The molecule has 0 aliphatic rings. The summed E-state index contributed by atoms with van der Waals surface area (Å²) in [7, 11) is 0. The SMILES string of the molecule is OCc1nccc2cc(Br)ccc12. The summed E-state index contributed by atoms with van der Waals surface area (Å²) < 4.78 is 1.04. The minimum absolute atomic E-state index is 0.0149. The smallest absolute Gasteiger partial charge is 0.0859 e. The van der Waals surface area contributed by atoms with Crippen LogP contribution in [0.25, 0.3) is 10.8 Å². The number of rotatable bonds is 1. The highest BCUT2D eigenvalue weighted by Crippen LogP contribution is 2.21. The maximum absolute atomic E-state index is 9.03. The standard InChI is InChI=1S/C10H8BrNO/c11-8-1-2-9-7(5-8)3-4-12-10(9)6-13/h1-5,13H,6H2. The fraction of sp³-hybridized carbons (Fsp3) is 0.100. The number of nitrogens with zero attached hydrogens (tertiary/aromatic N) is 1. The fourth-order valence-electron chi connectivity index (χ4n) is 1.34. The van der Waals surface area contributed by atoms with Gasteiger partial charge in [0.05, 0.1) is 12.3 Å². The van der Waals surface area contributed by atoms with Crippen LogP contribution in [0, 0.1) is 0 Å². The number of hydrogen-bond donors (Lipinski definition) is 1. The quantitative estimate of drug-likeness (QED) is 0.827. The van der Waals surface area contributed by atoms with Crippen LogP contribution in [0.1, 0.15) is 5.69 Å². The van der Waals surface area contributed by atoms with Gasteiger partial charge in [0.1, 0.15) is 0 Å². The molecule has 2 nitrogen and oxygen atoms in total. The van der Waals surface area contributed by atoms with Gasteiger partial charge in [0.2, 0.25) is 0 Å². The largest absolute Gasteiger partial charge is 0.390 e. The Labute approximate surface area is 84.4 Å². The van der Waals surface area contributed by atoms with Gasteiger partial charge in [0.15, 0.2) is 0 Å². The molecule has 0 unspecified atom stereocenters. The zero-order chi connectivity index (χ0) is 9.26. The Morgan fingerprint density at radius 1 is 1.31 bits per heavy atom. The summed E-state index contributed by atoms with van der Waals surface area (Å²) in [5.41, 5.74) is 0.727. The monoisotopic (exact) mass is 237 g/mol. The van der Waals surface area contributed by atoms with Crippen LogP contribution >= 0.6 is 15.9 Å². The molecule has 0 bridgehead atoms. The third-order valence-corrected chi connectivity index (χ3v) is 2.45. The molecule has 0 amide bonds. The lowest BCUT2D eigenvalue weighted by atomic mass is 10.1. The Balaban J connectivity index is 2.77. The average molecular weight is 238 g/mol. The van der Waals surface area contributed by atoms with Gasteiger partial charge in [-0.2, -0.15) is 0 Å². The zero-order valence-corrected chi connectivity index (χ0v) is 8.45. The number of aliphatic hydroxyl groups excluding tert-OH is 1. The van der Waals surface area contributed by atoms with E-state index >= 15 is 0 Å². The van der Waals surface area contributed by atoms with Gasteiger partial charge in [-0.25, -0.2) is 0 Å². The Morgan fingerprint density at radius 3 is 2.92 bits per heavy atom. The van der Waals surface area contributed by atoms with Gasteiger partial charge < -0.3 is 5.11 Å². The molecule has 0 saturated carbocycles. The number of benzene rings is 1. The highest BCUT2D eigenvalue weighted by molar-refractivity contribution is 9.10. The summed E-state index contributed by atoms with van der Waals surface area (Å²) in [5, 5.41) is 11.1. The maximum Gasteiger partial charge on any atom is 0.0859 e. The summed E-state index contributed by atoms with van der Waals surface area (Å²) in [6, 6.07) is 7.84. The maximum atomic E-state index is 9.03. The molecule has 13 heavy (non-hydrogen) atoms. The second kappa shape index (κ2) is 3.44. The summed E-state index contributed by atoms with van der Waals surface area (Å²) >= 11 is 3.40. The number of halogens is 1. The number of pyridine rings is 1. The highest BCUT2D eigenvalue weighted by Gasteiger charge is 2.00. The number of aliphatic hydroxyl groups is 1. The van der Waals surface area contributed by atoms with Gasteiger partial charge in [-0.15, -0.1) is 0 Å². The van der Waals surface area contributed by atoms with Gasteiger partial charge in [0, 0.05) is 16.1 Å². The van der Waals surface area contributed by atoms with Crippen molar-refractivity contribution in [3.63, 3.8) is 0 Å². The first-order valence-corrected chi connectivity index (χ1v) is 4.74. The molecule has 66 valence electrons. The van der Waals surface area contributed by atoms with Crippen LogP contribution in [-0.4, -0.2) is 10.1 Å². The first-order chi connectivity index (χ1) is 6.31. The Hall–Kier alpha value is -0.930. The van der Waals surface area contributed by atoms with Crippen molar-refractivity contribution in [2.24, 2.45) is 0 Å². The minimum atomic E-state index is -0.0149. The molecule has 3 heteroatoms. The van der Waals surface area contributed by atoms with Gasteiger partial charge in [0.25, 0.3) is 0 Å². The second-order valence-corrected chi connectivity index (χ2v) is 3.70. The second-order valence-electron chi connectivity index (χ2n) is 2.78. The third-order valence-electron chi connectivity index (χ3n) is 1.96. The molecule has 0 spiro atoms. The van der Waals surface area contributed by atoms with Gasteiger partial charge in [-0.1, -0.05) is 22.0 Å². The molecule has 0 radical (unpaired) electrons. The van der Waals surface area contributed by atoms with Crippen molar-refractivity contribution < 1.29 is 5.11 Å². The van der Waals surface area contributed by atoms with E-state index in [9.17, 15) is 0 Å². The number of aromatic nitrogens is 1. The third kappa shape index (κ3) is 1.57. The summed E-state index contributed by atoms with van der Waals surface area (Å²) in [5.74, 6) is 0. The predicted molar refractivity (Wildman–Crippen MR) is 55.4 cm³/mol. The Kier molecular flexibility index (Phi) is 2.29. The molecule has 0 aliphatic carbocycles. The lowest BCUT2D eigenvalue weighted by molar-refractivity contribution is 0.278. The van der Waals surface area contributed by atoms with Crippen LogP contribution < -0.4 is 0 Å². The summed E-state index contributed by atoms with van der Waals surface area (Å²) in [6.07, 6.45) is 1.71. The van der Waals surface area contributed by atoms with Crippen LogP contribution in [0.2, 0.25) is 0 Å². The molecule has 2 aromatic rings. The molecule has 0 saturated heterocycles. The lowest BCUT2D eigenvalue weighted by Gasteiger charge is -2.02. The first-order valence-electron chi connectivity index (χ1n) is 3.95. The molecule has 0 fully saturated rings. The van der Waals surface area contributed by atoms with Crippen LogP contribution in [0.3, 0.4) is 0 Å². The van der Waals surface area contributed by atoms with Crippen molar-refractivity contribution in [3.8, 4) is 0 Å². The Bertz CT molecular complexity index is 442. The molecule has 1 aromatic carbocycles. The molecule has 2 rings (SSSR count). The highest BCUT2D eigenvalue weighted by atomic mass is 79.9. The van der Waals surface area contributed by atoms with E-state index in [1.165, 1.54) is 0 Å². The fourth-order valence-corrected chi connectivity index (χ4v) is 1.72. The molecular weight excluding hydrogens is 230 g/mol. The molecular formula is C10H8BrNO. The van der Waals surface area contributed by atoms with Gasteiger partial charge in [-0.3, -0.25) is 4.98 Å². The van der Waals surface area contributed by atoms with E-state index in [0.717, 1.165) is 20.9 Å². The van der Waals surface area contributed by atoms with E-state index in [0.29, 0.717) is 0 Å². The zero-order valence-electron chi connectivity index (χ0n) is 6.87. The van der Waals surface area contributed by atoms with Crippen LogP contribution in [0.15, 0.2) is 34.9 Å². The van der Waals surface area contributed by atoms with Crippen LogP contribution in [-0.2, 0) is 6.61 Å². The van der Waals surface area contributed by atoms with Crippen molar-refractivity contribution in [2.45, 2.75) is 6.61 Å². The van der Waals surface area contributed by atoms with E-state index in [4.69, 9.17) is 5.11 Å². The normalized spacial score (nSPS) is 10.6. The van der Waals surface area contributed by atoms with Crippen molar-refractivity contribution in [1.29, 1.82) is 0 Å². The topological polar surface area (TPSA) is 33.1 Å². The molecule has 1 heterocycles. The van der Waals surface area contributed by atoms with Crippen LogP contribution in [0.4, 0.5) is 0 Å². The van der Waals surface area contributed by atoms with E-state index in [2.05, 4.69) is 20.9 Å². The molecule has 0 aliphatic heterocycles. The van der Waals surface area contributed by atoms with E-state index < -0.39 is 0 Å². The minimum Gasteiger partial charge on any atom is -0.390 e. The lowest BCUT2D eigenvalue weighted by Crippen LogP contribution is -1.89. The van der Waals surface area contributed by atoms with Crippen LogP contribution in [0.5, 0.6) is 0 Å². The summed E-state index contributed by atoms with van der Waals surface area (Å²) in [6.45, 7) is -0.0149. The van der Waals surface area contributed by atoms with Gasteiger partial charge >= 0.3 is 0 Å². The summed E-state index contributed by atoms with van der Waals surface area (Å²) in [4.78, 5) is 4.09. The predicted octanol–water partition coefficient (Wildman–Crippen LogP) is 2.49. The number of fused-ring (bicyclic) bond motifs is 1. The molecule has 1 N–H and O–H groups in total. The van der Waals surface area contributed by atoms with Crippen molar-refractivity contribution >= 4 is 26.7 Å². The molecule has 0 atom stereocenters.